The van der Waals surface area contributed by atoms with E-state index in [0.717, 1.165) is 24.8 Å². The molecule has 37 heavy (non-hydrogen) atoms. The molecule has 0 aliphatic carbocycles. The lowest BCUT2D eigenvalue weighted by atomic mass is 10.0. The van der Waals surface area contributed by atoms with Gasteiger partial charge in [0.1, 0.15) is 23.4 Å². The number of rotatable bonds is 11. The summed E-state index contributed by atoms with van der Waals surface area (Å²) < 4.78 is 5.32. The first-order chi connectivity index (χ1) is 17.4. The Morgan fingerprint density at radius 1 is 1.03 bits per heavy atom. The molecule has 0 aliphatic heterocycles. The molecule has 202 valence electrons. The summed E-state index contributed by atoms with van der Waals surface area (Å²) in [6.45, 7) is 11.1. The Bertz CT molecular complexity index is 1060. The molecule has 0 bridgehead atoms. The van der Waals surface area contributed by atoms with Crippen LogP contribution in [0.2, 0.25) is 0 Å². The van der Waals surface area contributed by atoms with Gasteiger partial charge in [0.15, 0.2) is 0 Å². The van der Waals surface area contributed by atoms with Crippen molar-refractivity contribution in [3.05, 3.63) is 59.7 Å². The Kier molecular flexibility index (Phi) is 11.0. The van der Waals surface area contributed by atoms with Gasteiger partial charge >= 0.3 is 6.09 Å². The summed E-state index contributed by atoms with van der Waals surface area (Å²) in [6, 6.07) is 11.8. The highest BCUT2D eigenvalue weighted by molar-refractivity contribution is 5.99. The monoisotopic (exact) mass is 511 g/mol. The van der Waals surface area contributed by atoms with Crippen LogP contribution in [-0.4, -0.2) is 46.1 Å². The minimum Gasteiger partial charge on any atom is -0.508 e. The van der Waals surface area contributed by atoms with E-state index in [4.69, 9.17) is 4.74 Å². The van der Waals surface area contributed by atoms with Crippen molar-refractivity contribution in [3.63, 3.8) is 0 Å². The van der Waals surface area contributed by atoms with Crippen LogP contribution >= 0.6 is 0 Å². The number of hydrogen-bond acceptors (Lipinski definition) is 5. The van der Waals surface area contributed by atoms with E-state index in [1.165, 1.54) is 17.0 Å². The molecule has 0 heterocycles. The van der Waals surface area contributed by atoms with Crippen molar-refractivity contribution in [2.45, 2.75) is 84.9 Å². The van der Waals surface area contributed by atoms with Crippen molar-refractivity contribution < 1.29 is 24.2 Å². The van der Waals surface area contributed by atoms with E-state index < -0.39 is 35.6 Å². The normalized spacial score (nSPS) is 12.8. The maximum Gasteiger partial charge on any atom is 0.408 e. The summed E-state index contributed by atoms with van der Waals surface area (Å²) in [5.74, 6) is -0.839. The summed E-state index contributed by atoms with van der Waals surface area (Å²) in [5.41, 5.74) is 1.27. The molecule has 0 aliphatic rings. The number of hydrogen-bond donors (Lipinski definition) is 3. The van der Waals surface area contributed by atoms with Gasteiger partial charge in [0.25, 0.3) is 5.91 Å². The zero-order valence-corrected chi connectivity index (χ0v) is 22.8. The van der Waals surface area contributed by atoms with Crippen molar-refractivity contribution in [1.82, 2.24) is 10.2 Å². The molecule has 0 saturated heterocycles. The second kappa shape index (κ2) is 13.7. The fourth-order valence-corrected chi connectivity index (χ4v) is 3.95. The van der Waals surface area contributed by atoms with Crippen LogP contribution in [0, 0.1) is 6.92 Å². The molecule has 3 amide bonds. The number of phenols is 1. The molecule has 2 aromatic carbocycles. The van der Waals surface area contributed by atoms with Crippen molar-refractivity contribution in [2.24, 2.45) is 0 Å². The SMILES string of the molecule is CCCCCCN(C(=O)C(C)NC(=O)OC(C)(C)C)C(C(=O)Nc1ccccc1C)c1cccc(O)c1. The van der Waals surface area contributed by atoms with Crippen LogP contribution < -0.4 is 10.6 Å². The first kappa shape index (κ1) is 29.7. The molecule has 3 N–H and O–H groups in total. The van der Waals surface area contributed by atoms with E-state index in [1.54, 1.807) is 45.9 Å². The Balaban J connectivity index is 2.43. The van der Waals surface area contributed by atoms with Crippen molar-refractivity contribution in [3.8, 4) is 5.75 Å². The molecule has 0 spiro atoms. The fourth-order valence-electron chi connectivity index (χ4n) is 3.95. The molecule has 2 rings (SSSR count). The Labute approximate surface area is 220 Å². The summed E-state index contributed by atoms with van der Waals surface area (Å²) in [5, 5.41) is 15.7. The molecule has 8 heteroatoms. The quantitative estimate of drug-likeness (QED) is 0.335. The maximum atomic E-state index is 13.7. The second-order valence-electron chi connectivity index (χ2n) is 10.3. The number of phenolic OH excluding ortho intramolecular Hbond substituents is 1. The highest BCUT2D eigenvalue weighted by atomic mass is 16.6. The van der Waals surface area contributed by atoms with Crippen LogP contribution in [0.4, 0.5) is 10.5 Å². The maximum absolute atomic E-state index is 13.7. The molecule has 2 aromatic rings. The third-order valence-corrected chi connectivity index (χ3v) is 5.79. The van der Waals surface area contributed by atoms with Gasteiger partial charge in [-0.15, -0.1) is 0 Å². The molecular weight excluding hydrogens is 470 g/mol. The number of unbranched alkanes of at least 4 members (excludes halogenated alkanes) is 3. The highest BCUT2D eigenvalue weighted by Gasteiger charge is 2.35. The van der Waals surface area contributed by atoms with Crippen molar-refractivity contribution in [1.29, 1.82) is 0 Å². The lowest BCUT2D eigenvalue weighted by molar-refractivity contribution is -0.140. The van der Waals surface area contributed by atoms with Crippen molar-refractivity contribution >= 4 is 23.6 Å². The number of aromatic hydroxyl groups is 1. The molecule has 0 fully saturated rings. The van der Waals surface area contributed by atoms with E-state index in [0.29, 0.717) is 24.2 Å². The number of anilines is 1. The van der Waals surface area contributed by atoms with Crippen LogP contribution in [0.25, 0.3) is 0 Å². The predicted molar refractivity (Wildman–Crippen MR) is 145 cm³/mol. The van der Waals surface area contributed by atoms with Crippen LogP contribution in [-0.2, 0) is 14.3 Å². The van der Waals surface area contributed by atoms with Gasteiger partial charge in [0, 0.05) is 12.2 Å². The minimum absolute atomic E-state index is 0.00972. The van der Waals surface area contributed by atoms with Gasteiger partial charge in [-0.1, -0.05) is 56.5 Å². The molecule has 0 saturated carbocycles. The number of benzene rings is 2. The zero-order valence-electron chi connectivity index (χ0n) is 22.8. The lowest BCUT2D eigenvalue weighted by Crippen LogP contribution is -2.51. The fraction of sp³-hybridized carbons (Fsp3) is 0.483. The average molecular weight is 512 g/mol. The van der Waals surface area contributed by atoms with Crippen LogP contribution in [0.3, 0.4) is 0 Å². The number of carbonyl (C=O) groups is 3. The Morgan fingerprint density at radius 2 is 1.73 bits per heavy atom. The van der Waals surface area contributed by atoms with Gasteiger partial charge in [0.05, 0.1) is 0 Å². The van der Waals surface area contributed by atoms with E-state index in [1.807, 2.05) is 25.1 Å². The van der Waals surface area contributed by atoms with Gasteiger partial charge in [-0.05, 0) is 70.4 Å². The average Bonchev–Trinajstić information content (AvgIpc) is 2.80. The summed E-state index contributed by atoms with van der Waals surface area (Å²) in [4.78, 5) is 41.4. The first-order valence-electron chi connectivity index (χ1n) is 12.9. The number of nitrogens with one attached hydrogen (secondary N) is 2. The second-order valence-corrected chi connectivity index (χ2v) is 10.3. The van der Waals surface area contributed by atoms with Crippen molar-refractivity contribution in [2.75, 3.05) is 11.9 Å². The first-order valence-corrected chi connectivity index (χ1v) is 12.9. The van der Waals surface area contributed by atoms with Gasteiger partial charge in [-0.25, -0.2) is 4.79 Å². The Hall–Kier alpha value is -3.55. The lowest BCUT2D eigenvalue weighted by Gasteiger charge is -2.34. The molecular formula is C29H41N3O5. The number of aryl methyl sites for hydroxylation is 1. The largest absolute Gasteiger partial charge is 0.508 e. The molecule has 2 atom stereocenters. The van der Waals surface area contributed by atoms with Gasteiger partial charge in [-0.3, -0.25) is 9.59 Å². The van der Waals surface area contributed by atoms with E-state index >= 15 is 0 Å². The highest BCUT2D eigenvalue weighted by Crippen LogP contribution is 2.28. The van der Waals surface area contributed by atoms with Gasteiger partial charge in [-0.2, -0.15) is 0 Å². The molecule has 2 unspecified atom stereocenters. The number of carbonyl (C=O) groups excluding carboxylic acids is 3. The van der Waals surface area contributed by atoms with Crippen LogP contribution in [0.1, 0.15) is 77.5 Å². The minimum atomic E-state index is -1.02. The number of nitrogens with zero attached hydrogens (tertiary/aromatic N) is 1. The summed E-state index contributed by atoms with van der Waals surface area (Å²) in [6.07, 6.45) is 2.89. The van der Waals surface area contributed by atoms with Gasteiger partial charge < -0.3 is 25.4 Å². The zero-order chi connectivity index (χ0) is 27.6. The third-order valence-electron chi connectivity index (χ3n) is 5.79. The topological polar surface area (TPSA) is 108 Å². The van der Waals surface area contributed by atoms with E-state index in [2.05, 4.69) is 17.6 Å². The molecule has 0 aromatic heterocycles. The number of amides is 3. The van der Waals surface area contributed by atoms with Gasteiger partial charge in [0.2, 0.25) is 5.91 Å². The third kappa shape index (κ3) is 9.44. The summed E-state index contributed by atoms with van der Waals surface area (Å²) in [7, 11) is 0. The summed E-state index contributed by atoms with van der Waals surface area (Å²) >= 11 is 0. The number of alkyl carbamates (subject to hydrolysis) is 1. The van der Waals surface area contributed by atoms with E-state index in [9.17, 15) is 19.5 Å². The smallest absolute Gasteiger partial charge is 0.408 e. The Morgan fingerprint density at radius 3 is 2.35 bits per heavy atom. The molecule has 0 radical (unpaired) electrons. The van der Waals surface area contributed by atoms with Crippen LogP contribution in [0.5, 0.6) is 5.75 Å². The van der Waals surface area contributed by atoms with Crippen LogP contribution in [0.15, 0.2) is 48.5 Å². The predicted octanol–water partition coefficient (Wildman–Crippen LogP) is 5.70. The number of para-hydroxylation sites is 1. The molecule has 8 nitrogen and oxygen atoms in total. The number of ether oxygens (including phenoxy) is 1. The van der Waals surface area contributed by atoms with E-state index in [-0.39, 0.29) is 5.75 Å². The standard InChI is InChI=1S/C29H41N3O5/c1-7-8-9-12-18-32(27(35)21(3)30-28(36)37-29(4,5)6)25(22-15-13-16-23(33)19-22)26(34)31-24-17-11-10-14-20(24)2/h10-11,13-17,19,21,25,33H,7-9,12,18H2,1-6H3,(H,30,36)(H,31,34).